The molecule has 2 aromatic heterocycles. The van der Waals surface area contributed by atoms with Crippen LogP contribution < -0.4 is 0 Å². The van der Waals surface area contributed by atoms with E-state index in [4.69, 9.17) is 4.84 Å². The fourth-order valence-corrected chi connectivity index (χ4v) is 4.83. The number of rotatable bonds is 4. The minimum absolute atomic E-state index is 0.000111. The maximum absolute atomic E-state index is 13.2. The molecular formula is C24H25N5O2. The number of nitrogens with zero attached hydrogens (tertiary/aromatic N) is 5. The summed E-state index contributed by atoms with van der Waals surface area (Å²) in [6.45, 7) is 1.37. The van der Waals surface area contributed by atoms with Gasteiger partial charge in [-0.2, -0.15) is 10.4 Å². The molecule has 7 nitrogen and oxygen atoms in total. The zero-order valence-corrected chi connectivity index (χ0v) is 17.4. The average molecular weight is 415 g/mol. The van der Waals surface area contributed by atoms with Crippen molar-refractivity contribution >= 4 is 16.8 Å². The highest BCUT2D eigenvalue weighted by Gasteiger charge is 2.37. The first-order valence-corrected chi connectivity index (χ1v) is 11.0. The number of fused-ring (bicyclic) bond motifs is 1. The van der Waals surface area contributed by atoms with Crippen molar-refractivity contribution in [2.45, 2.75) is 44.7 Å². The van der Waals surface area contributed by atoms with E-state index in [9.17, 15) is 10.1 Å². The third kappa shape index (κ3) is 3.91. The molecule has 158 valence electrons. The fraction of sp³-hybridized carbons (Fsp3) is 0.417. The van der Waals surface area contributed by atoms with Gasteiger partial charge in [-0.05, 0) is 61.9 Å². The second-order valence-corrected chi connectivity index (χ2v) is 8.49. The van der Waals surface area contributed by atoms with E-state index in [2.05, 4.69) is 16.2 Å². The fourth-order valence-electron chi connectivity index (χ4n) is 4.83. The highest BCUT2D eigenvalue weighted by Crippen LogP contribution is 2.36. The lowest BCUT2D eigenvalue weighted by Crippen LogP contribution is -2.37. The van der Waals surface area contributed by atoms with Crippen LogP contribution in [0.15, 0.2) is 48.8 Å². The lowest BCUT2D eigenvalue weighted by molar-refractivity contribution is -0.183. The van der Waals surface area contributed by atoms with Crippen molar-refractivity contribution in [3.8, 4) is 6.07 Å². The Morgan fingerprint density at radius 3 is 2.81 bits per heavy atom. The van der Waals surface area contributed by atoms with E-state index < -0.39 is 0 Å². The van der Waals surface area contributed by atoms with Gasteiger partial charge in [0.25, 0.3) is 0 Å². The van der Waals surface area contributed by atoms with Crippen LogP contribution in [-0.2, 0) is 16.2 Å². The number of hydroxylamine groups is 2. The number of carbonyl (C=O) groups excluding carboxylic acids is 1. The molecule has 2 fully saturated rings. The van der Waals surface area contributed by atoms with Gasteiger partial charge < -0.3 is 0 Å². The third-order valence-corrected chi connectivity index (χ3v) is 6.55. The highest BCUT2D eigenvalue weighted by molar-refractivity contribution is 5.80. The summed E-state index contributed by atoms with van der Waals surface area (Å²) in [5.74, 6) is 0.568. The first-order valence-electron chi connectivity index (χ1n) is 11.0. The molecule has 1 aliphatic heterocycles. The molecule has 1 saturated heterocycles. The molecule has 0 bridgehead atoms. The van der Waals surface area contributed by atoms with Crippen LogP contribution in [0.4, 0.5) is 0 Å². The average Bonchev–Trinajstić information content (AvgIpc) is 3.47. The number of hydrogen-bond donors (Lipinski definition) is 0. The summed E-state index contributed by atoms with van der Waals surface area (Å²) in [4.78, 5) is 23.3. The number of pyridine rings is 1. The molecule has 3 heterocycles. The Kier molecular flexibility index (Phi) is 5.39. The maximum atomic E-state index is 13.2. The van der Waals surface area contributed by atoms with E-state index in [0.29, 0.717) is 18.1 Å². The number of aromatic nitrogens is 3. The quantitative estimate of drug-likeness (QED) is 0.643. The van der Waals surface area contributed by atoms with Gasteiger partial charge in [0.1, 0.15) is 6.04 Å². The number of carbonyl (C=O) groups is 1. The van der Waals surface area contributed by atoms with E-state index in [1.165, 1.54) is 0 Å². The van der Waals surface area contributed by atoms with Crippen molar-refractivity contribution in [2.24, 2.45) is 11.8 Å². The molecule has 0 unspecified atom stereocenters. The van der Waals surface area contributed by atoms with E-state index >= 15 is 0 Å². The van der Waals surface area contributed by atoms with Gasteiger partial charge in [0, 0.05) is 30.5 Å². The molecule has 2 aliphatic rings. The lowest BCUT2D eigenvalue weighted by atomic mass is 9.81. The van der Waals surface area contributed by atoms with Gasteiger partial charge in [0.15, 0.2) is 0 Å². The summed E-state index contributed by atoms with van der Waals surface area (Å²) < 4.78 is 2.00. The van der Waals surface area contributed by atoms with Crippen LogP contribution in [0.25, 0.3) is 10.9 Å². The minimum Gasteiger partial charge on any atom is -0.272 e. The predicted octanol–water partition coefficient (Wildman–Crippen LogP) is 4.01. The van der Waals surface area contributed by atoms with E-state index in [0.717, 1.165) is 55.2 Å². The van der Waals surface area contributed by atoms with Crippen molar-refractivity contribution in [1.82, 2.24) is 19.8 Å². The molecule has 1 aromatic carbocycles. The largest absolute Gasteiger partial charge is 0.272 e. The van der Waals surface area contributed by atoms with E-state index in [1.807, 2.05) is 47.3 Å². The lowest BCUT2D eigenvalue weighted by Gasteiger charge is -2.31. The minimum atomic E-state index is -0.0869. The van der Waals surface area contributed by atoms with Crippen molar-refractivity contribution in [2.75, 3.05) is 6.61 Å². The van der Waals surface area contributed by atoms with Gasteiger partial charge in [-0.15, -0.1) is 0 Å². The summed E-state index contributed by atoms with van der Waals surface area (Å²) in [5.41, 5.74) is 2.54. The molecule has 0 N–H and O–H groups in total. The topological polar surface area (TPSA) is 84.0 Å². The number of hydrogen-bond acceptors (Lipinski definition) is 5. The summed E-state index contributed by atoms with van der Waals surface area (Å²) >= 11 is 0. The molecule has 0 spiro atoms. The highest BCUT2D eigenvalue weighted by atomic mass is 16.7. The Morgan fingerprint density at radius 2 is 2.03 bits per heavy atom. The van der Waals surface area contributed by atoms with Crippen molar-refractivity contribution in [3.05, 3.63) is 60.0 Å². The van der Waals surface area contributed by atoms with E-state index in [-0.39, 0.29) is 17.9 Å². The van der Waals surface area contributed by atoms with Crippen molar-refractivity contribution < 1.29 is 9.63 Å². The van der Waals surface area contributed by atoms with Gasteiger partial charge in [-0.25, -0.2) is 5.06 Å². The van der Waals surface area contributed by atoms with Crippen LogP contribution in [0.2, 0.25) is 0 Å². The van der Waals surface area contributed by atoms with Crippen LogP contribution in [0, 0.1) is 23.2 Å². The van der Waals surface area contributed by atoms with Crippen LogP contribution in [0.3, 0.4) is 0 Å². The van der Waals surface area contributed by atoms with Gasteiger partial charge in [-0.1, -0.05) is 6.07 Å². The molecular weight excluding hydrogens is 390 g/mol. The molecule has 1 saturated carbocycles. The molecule has 7 heteroatoms. The zero-order valence-electron chi connectivity index (χ0n) is 17.4. The Bertz CT molecular complexity index is 1110. The first-order chi connectivity index (χ1) is 15.2. The van der Waals surface area contributed by atoms with Crippen molar-refractivity contribution in [3.63, 3.8) is 0 Å². The summed E-state index contributed by atoms with van der Waals surface area (Å²) in [6.07, 6.45) is 8.10. The van der Waals surface area contributed by atoms with Crippen LogP contribution >= 0.6 is 0 Å². The molecule has 1 amide bonds. The molecule has 1 aliphatic carbocycles. The zero-order chi connectivity index (χ0) is 21.2. The normalized spacial score (nSPS) is 23.7. The third-order valence-electron chi connectivity index (χ3n) is 6.55. The monoisotopic (exact) mass is 415 g/mol. The number of amides is 1. The van der Waals surface area contributed by atoms with Gasteiger partial charge >= 0.3 is 0 Å². The molecule has 1 atom stereocenters. The summed E-state index contributed by atoms with van der Waals surface area (Å²) in [5, 5.41) is 16.3. The maximum Gasteiger partial charge on any atom is 0.249 e. The Balaban J connectivity index is 1.22. The summed E-state index contributed by atoms with van der Waals surface area (Å²) in [7, 11) is 0. The number of nitriles is 1. The number of benzene rings is 1. The van der Waals surface area contributed by atoms with Crippen LogP contribution in [-0.4, -0.2) is 32.3 Å². The molecule has 0 radical (unpaired) electrons. The predicted molar refractivity (Wildman–Crippen MR) is 114 cm³/mol. The first kappa shape index (κ1) is 19.7. The van der Waals surface area contributed by atoms with Crippen molar-refractivity contribution in [1.29, 1.82) is 5.26 Å². The molecule has 3 aromatic rings. The molecule has 5 rings (SSSR count). The Labute approximate surface area is 181 Å². The second kappa shape index (κ2) is 8.48. The van der Waals surface area contributed by atoms with Crippen LogP contribution in [0.5, 0.6) is 0 Å². The van der Waals surface area contributed by atoms with Crippen LogP contribution in [0.1, 0.15) is 49.4 Å². The molecule has 31 heavy (non-hydrogen) atoms. The Morgan fingerprint density at radius 1 is 1.16 bits per heavy atom. The van der Waals surface area contributed by atoms with Gasteiger partial charge in [0.05, 0.1) is 35.6 Å². The SMILES string of the molecule is N#Cc1ccc2cnn(C[C@H]3CC[C@H](C(=O)N4OCC[C@H]4c4ccccn4)CC3)c2c1. The second-order valence-electron chi connectivity index (χ2n) is 8.49. The summed E-state index contributed by atoms with van der Waals surface area (Å²) in [6, 6.07) is 13.6. The smallest absolute Gasteiger partial charge is 0.249 e. The van der Waals surface area contributed by atoms with Gasteiger partial charge in [-0.3, -0.25) is 19.3 Å². The standard InChI is InChI=1S/C24H25N5O2/c25-14-18-6-9-20-15-27-28(23(20)13-18)16-17-4-7-19(8-5-17)24(30)29-22(10-12-31-29)21-3-1-2-11-26-21/h1-3,6,9,11,13,15,17,19,22H,4-5,7-8,10,12,16H2/t17-,19-,22-/m0/s1. The van der Waals surface area contributed by atoms with E-state index in [1.54, 1.807) is 11.3 Å². The Hall–Kier alpha value is -3.24. The van der Waals surface area contributed by atoms with Gasteiger partial charge in [0.2, 0.25) is 5.91 Å².